The van der Waals surface area contributed by atoms with Crippen molar-refractivity contribution in [3.63, 3.8) is 0 Å². The van der Waals surface area contributed by atoms with Crippen LogP contribution in [0.25, 0.3) is 0 Å². The number of alkyl halides is 1. The summed E-state index contributed by atoms with van der Waals surface area (Å²) < 4.78 is 0. The van der Waals surface area contributed by atoms with Gasteiger partial charge in [0.2, 0.25) is 5.91 Å². The van der Waals surface area contributed by atoms with Crippen LogP contribution in [0.15, 0.2) is 30.3 Å². The third-order valence-electron chi connectivity index (χ3n) is 3.54. The average molecular weight is 325 g/mol. The van der Waals surface area contributed by atoms with Crippen molar-refractivity contribution in [3.8, 4) is 0 Å². The fraction of sp³-hybridized carbons (Fsp3) is 0.533. The number of nitrogens with zero attached hydrogens (tertiary/aromatic N) is 1. The molecule has 104 valence electrons. The second kappa shape index (κ2) is 7.06. The van der Waals surface area contributed by atoms with Crippen molar-refractivity contribution < 1.29 is 4.79 Å². The van der Waals surface area contributed by atoms with Crippen LogP contribution >= 0.6 is 15.9 Å². The Labute approximate surface area is 123 Å². The molecule has 1 aliphatic rings. The minimum absolute atomic E-state index is 0.0986. The van der Waals surface area contributed by atoms with Crippen LogP contribution in [-0.4, -0.2) is 34.8 Å². The fourth-order valence-corrected chi connectivity index (χ4v) is 2.53. The molecule has 0 saturated carbocycles. The molecule has 1 N–H and O–H groups in total. The molecule has 1 heterocycles. The van der Waals surface area contributed by atoms with E-state index in [1.54, 1.807) is 0 Å². The highest BCUT2D eigenvalue weighted by Crippen LogP contribution is 2.14. The molecule has 1 aromatic carbocycles. The standard InChI is InChI=1S/C15H21BrN2O/c1-12(16)15(19)17-14-7-9-18(10-8-14)11-13-5-3-2-4-6-13/h2-6,12,14H,7-11H2,1H3,(H,17,19). The summed E-state index contributed by atoms with van der Waals surface area (Å²) in [5.41, 5.74) is 1.36. The second-order valence-electron chi connectivity index (χ2n) is 5.16. The molecule has 1 unspecified atom stereocenters. The molecule has 1 atom stereocenters. The lowest BCUT2D eigenvalue weighted by atomic mass is 10.0. The van der Waals surface area contributed by atoms with E-state index >= 15 is 0 Å². The van der Waals surface area contributed by atoms with Gasteiger partial charge in [-0.3, -0.25) is 9.69 Å². The molecular weight excluding hydrogens is 304 g/mol. The predicted molar refractivity (Wildman–Crippen MR) is 81.3 cm³/mol. The third kappa shape index (κ3) is 4.62. The van der Waals surface area contributed by atoms with Crippen LogP contribution in [0, 0.1) is 0 Å². The average Bonchev–Trinajstić information content (AvgIpc) is 2.42. The van der Waals surface area contributed by atoms with Crippen molar-refractivity contribution in [2.24, 2.45) is 0 Å². The summed E-state index contributed by atoms with van der Waals surface area (Å²) in [5.74, 6) is 0.0986. The van der Waals surface area contributed by atoms with Crippen LogP contribution in [0.2, 0.25) is 0 Å². The first-order valence-corrected chi connectivity index (χ1v) is 7.77. The zero-order valence-electron chi connectivity index (χ0n) is 11.3. The Balaban J connectivity index is 1.75. The number of nitrogens with one attached hydrogen (secondary N) is 1. The monoisotopic (exact) mass is 324 g/mol. The Morgan fingerprint density at radius 1 is 1.37 bits per heavy atom. The fourth-order valence-electron chi connectivity index (χ4n) is 2.39. The summed E-state index contributed by atoms with van der Waals surface area (Å²) in [4.78, 5) is 14.0. The topological polar surface area (TPSA) is 32.3 Å². The highest BCUT2D eigenvalue weighted by Gasteiger charge is 2.21. The molecule has 1 aliphatic heterocycles. The number of carbonyl (C=O) groups excluding carboxylic acids is 1. The molecule has 1 saturated heterocycles. The highest BCUT2D eigenvalue weighted by molar-refractivity contribution is 9.10. The van der Waals surface area contributed by atoms with E-state index in [9.17, 15) is 4.79 Å². The van der Waals surface area contributed by atoms with E-state index in [0.29, 0.717) is 6.04 Å². The number of hydrogen-bond donors (Lipinski definition) is 1. The van der Waals surface area contributed by atoms with Gasteiger partial charge in [-0.05, 0) is 25.3 Å². The second-order valence-corrected chi connectivity index (χ2v) is 6.53. The zero-order chi connectivity index (χ0) is 13.7. The Bertz CT molecular complexity index is 400. The van der Waals surface area contributed by atoms with Gasteiger partial charge in [-0.2, -0.15) is 0 Å². The van der Waals surface area contributed by atoms with Gasteiger partial charge < -0.3 is 5.32 Å². The molecule has 19 heavy (non-hydrogen) atoms. The summed E-state index contributed by atoms with van der Waals surface area (Å²) in [6.45, 7) is 4.98. The molecule has 0 aliphatic carbocycles. The van der Waals surface area contributed by atoms with Crippen LogP contribution < -0.4 is 5.32 Å². The Morgan fingerprint density at radius 2 is 2.00 bits per heavy atom. The largest absolute Gasteiger partial charge is 0.352 e. The predicted octanol–water partition coefficient (Wildman–Crippen LogP) is 2.55. The molecule has 4 heteroatoms. The van der Waals surface area contributed by atoms with Gasteiger partial charge in [0.25, 0.3) is 0 Å². The van der Waals surface area contributed by atoms with E-state index in [2.05, 4.69) is 50.4 Å². The lowest BCUT2D eigenvalue weighted by Gasteiger charge is -2.32. The minimum Gasteiger partial charge on any atom is -0.352 e. The summed E-state index contributed by atoms with van der Waals surface area (Å²) in [5, 5.41) is 3.09. The summed E-state index contributed by atoms with van der Waals surface area (Å²) in [7, 11) is 0. The molecule has 2 rings (SSSR count). The van der Waals surface area contributed by atoms with Crippen LogP contribution in [-0.2, 0) is 11.3 Å². The van der Waals surface area contributed by atoms with Gasteiger partial charge in [-0.1, -0.05) is 46.3 Å². The van der Waals surface area contributed by atoms with Crippen LogP contribution in [0.5, 0.6) is 0 Å². The molecule has 0 radical (unpaired) electrons. The SMILES string of the molecule is CC(Br)C(=O)NC1CCN(Cc2ccccc2)CC1. The van der Waals surface area contributed by atoms with Crippen molar-refractivity contribution in [2.45, 2.75) is 37.2 Å². The number of likely N-dealkylation sites (tertiary alicyclic amines) is 1. The van der Waals surface area contributed by atoms with Crippen molar-refractivity contribution >= 4 is 21.8 Å². The molecule has 1 fully saturated rings. The summed E-state index contributed by atoms with van der Waals surface area (Å²) in [6, 6.07) is 10.9. The van der Waals surface area contributed by atoms with Gasteiger partial charge in [0.05, 0.1) is 4.83 Å². The van der Waals surface area contributed by atoms with E-state index in [-0.39, 0.29) is 10.7 Å². The molecule has 1 aromatic rings. The summed E-state index contributed by atoms with van der Waals surface area (Å²) >= 11 is 3.30. The zero-order valence-corrected chi connectivity index (χ0v) is 12.9. The molecule has 0 spiro atoms. The molecule has 0 bridgehead atoms. The smallest absolute Gasteiger partial charge is 0.233 e. The van der Waals surface area contributed by atoms with E-state index in [1.165, 1.54) is 5.56 Å². The van der Waals surface area contributed by atoms with Crippen LogP contribution in [0.3, 0.4) is 0 Å². The van der Waals surface area contributed by atoms with Gasteiger partial charge in [-0.15, -0.1) is 0 Å². The maximum atomic E-state index is 11.6. The van der Waals surface area contributed by atoms with Gasteiger partial charge in [0.1, 0.15) is 0 Å². The molecule has 0 aromatic heterocycles. The molecular formula is C15H21BrN2O. The Morgan fingerprint density at radius 3 is 2.58 bits per heavy atom. The Kier molecular flexibility index (Phi) is 5.40. The van der Waals surface area contributed by atoms with E-state index in [4.69, 9.17) is 0 Å². The number of amides is 1. The van der Waals surface area contributed by atoms with Gasteiger partial charge in [0.15, 0.2) is 0 Å². The van der Waals surface area contributed by atoms with Crippen LogP contribution in [0.1, 0.15) is 25.3 Å². The first-order chi connectivity index (χ1) is 9.15. The van der Waals surface area contributed by atoms with Gasteiger partial charge in [0, 0.05) is 25.7 Å². The lowest BCUT2D eigenvalue weighted by Crippen LogP contribution is -2.45. The van der Waals surface area contributed by atoms with E-state index < -0.39 is 0 Å². The Hall–Kier alpha value is -0.870. The number of hydrogen-bond acceptors (Lipinski definition) is 2. The van der Waals surface area contributed by atoms with Gasteiger partial charge >= 0.3 is 0 Å². The minimum atomic E-state index is -0.102. The number of rotatable bonds is 4. The first-order valence-electron chi connectivity index (χ1n) is 6.86. The van der Waals surface area contributed by atoms with Crippen LogP contribution in [0.4, 0.5) is 0 Å². The first kappa shape index (κ1) is 14.5. The molecule has 3 nitrogen and oxygen atoms in total. The highest BCUT2D eigenvalue weighted by atomic mass is 79.9. The number of piperidine rings is 1. The number of carbonyl (C=O) groups is 1. The maximum absolute atomic E-state index is 11.6. The number of halogens is 1. The van der Waals surface area contributed by atoms with Crippen molar-refractivity contribution in [3.05, 3.63) is 35.9 Å². The third-order valence-corrected chi connectivity index (χ3v) is 3.96. The van der Waals surface area contributed by atoms with Crippen molar-refractivity contribution in [2.75, 3.05) is 13.1 Å². The quantitative estimate of drug-likeness (QED) is 0.863. The number of benzene rings is 1. The van der Waals surface area contributed by atoms with Crippen molar-refractivity contribution in [1.82, 2.24) is 10.2 Å². The molecule has 1 amide bonds. The van der Waals surface area contributed by atoms with E-state index in [1.807, 2.05) is 13.0 Å². The van der Waals surface area contributed by atoms with Crippen molar-refractivity contribution in [1.29, 1.82) is 0 Å². The van der Waals surface area contributed by atoms with Gasteiger partial charge in [-0.25, -0.2) is 0 Å². The summed E-state index contributed by atoms with van der Waals surface area (Å²) in [6.07, 6.45) is 2.08. The lowest BCUT2D eigenvalue weighted by molar-refractivity contribution is -0.121. The maximum Gasteiger partial charge on any atom is 0.233 e. The van der Waals surface area contributed by atoms with E-state index in [0.717, 1.165) is 32.5 Å². The normalized spacial score (nSPS) is 19.1.